The normalized spacial score (nSPS) is 11.7. The zero-order valence-corrected chi connectivity index (χ0v) is 18.2. The van der Waals surface area contributed by atoms with Gasteiger partial charge in [-0.3, -0.25) is 20.4 Å². The van der Waals surface area contributed by atoms with E-state index in [4.69, 9.17) is 4.74 Å². The van der Waals surface area contributed by atoms with Crippen LogP contribution in [0.5, 0.6) is 5.75 Å². The third kappa shape index (κ3) is 4.85. The molecule has 0 saturated carbocycles. The zero-order valence-electron chi connectivity index (χ0n) is 18.2. The second kappa shape index (κ2) is 9.52. The molecule has 2 amide bonds. The number of rotatable bonds is 6. The summed E-state index contributed by atoms with van der Waals surface area (Å²) in [5, 5.41) is 6.32. The quantitative estimate of drug-likeness (QED) is 0.439. The van der Waals surface area contributed by atoms with E-state index in [-0.39, 0.29) is 5.82 Å². The summed E-state index contributed by atoms with van der Waals surface area (Å²) in [5.41, 5.74) is 6.38. The molecule has 4 rings (SSSR count). The minimum atomic E-state index is -0.834. The van der Waals surface area contributed by atoms with Crippen LogP contribution in [0.1, 0.15) is 29.9 Å². The van der Waals surface area contributed by atoms with E-state index in [1.54, 1.807) is 29.8 Å². The van der Waals surface area contributed by atoms with Crippen molar-refractivity contribution in [1.29, 1.82) is 0 Å². The Kier molecular flexibility index (Phi) is 6.35. The first-order valence-electron chi connectivity index (χ1n) is 10.5. The predicted molar refractivity (Wildman–Crippen MR) is 123 cm³/mol. The maximum absolute atomic E-state index is 13.2. The fourth-order valence-electron chi connectivity index (χ4n) is 3.49. The molecule has 0 saturated heterocycles. The number of benzene rings is 3. The van der Waals surface area contributed by atoms with E-state index in [1.807, 2.05) is 43.3 Å². The number of halogens is 1. The lowest BCUT2D eigenvalue weighted by molar-refractivity contribution is -0.128. The van der Waals surface area contributed by atoms with E-state index in [2.05, 4.69) is 16.0 Å². The van der Waals surface area contributed by atoms with Gasteiger partial charge in [-0.25, -0.2) is 9.07 Å². The molecule has 33 heavy (non-hydrogen) atoms. The van der Waals surface area contributed by atoms with E-state index in [0.717, 1.165) is 10.8 Å². The van der Waals surface area contributed by atoms with Gasteiger partial charge in [0.25, 0.3) is 11.8 Å². The highest BCUT2D eigenvalue weighted by Crippen LogP contribution is 2.21. The number of carbonyl (C=O) groups is 2. The van der Waals surface area contributed by atoms with E-state index >= 15 is 0 Å². The van der Waals surface area contributed by atoms with Crippen LogP contribution in [0.15, 0.2) is 72.9 Å². The van der Waals surface area contributed by atoms with E-state index < -0.39 is 17.9 Å². The number of hydrogen-bond donors (Lipinski definition) is 2. The summed E-state index contributed by atoms with van der Waals surface area (Å²) in [6.45, 7) is 3.48. The summed E-state index contributed by atoms with van der Waals surface area (Å²) >= 11 is 0. The Morgan fingerprint density at radius 2 is 1.76 bits per heavy atom. The van der Waals surface area contributed by atoms with Crippen LogP contribution in [0.3, 0.4) is 0 Å². The largest absolute Gasteiger partial charge is 0.481 e. The molecule has 7 nitrogen and oxygen atoms in total. The standard InChI is InChI=1S/C25H23FN4O3/c1-3-23-22(15-27-30(23)20-11-9-19(26)10-12-20)25(32)29-28-24(31)16(2)33-21-13-8-17-6-4-5-7-18(17)14-21/h4-16H,3H2,1-2H3,(H,28,31)(H,29,32). The third-order valence-corrected chi connectivity index (χ3v) is 5.22. The number of nitrogens with one attached hydrogen (secondary N) is 2. The molecule has 0 bridgehead atoms. The first-order valence-corrected chi connectivity index (χ1v) is 10.5. The average molecular weight is 446 g/mol. The van der Waals surface area contributed by atoms with Gasteiger partial charge in [-0.05, 0) is 60.5 Å². The maximum atomic E-state index is 13.2. The number of hydrazine groups is 1. The van der Waals surface area contributed by atoms with Crippen molar-refractivity contribution >= 4 is 22.6 Å². The molecule has 0 spiro atoms. The van der Waals surface area contributed by atoms with Gasteiger partial charge < -0.3 is 4.74 Å². The molecule has 4 aromatic rings. The number of nitrogens with zero attached hydrogens (tertiary/aromatic N) is 2. The lowest BCUT2D eigenvalue weighted by atomic mass is 10.1. The van der Waals surface area contributed by atoms with Crippen LogP contribution in [0.25, 0.3) is 16.5 Å². The van der Waals surface area contributed by atoms with Crippen LogP contribution in [0, 0.1) is 5.82 Å². The molecule has 0 aliphatic carbocycles. The molecule has 8 heteroatoms. The Hall–Kier alpha value is -4.20. The first kappa shape index (κ1) is 22.0. The van der Waals surface area contributed by atoms with Crippen molar-refractivity contribution in [1.82, 2.24) is 20.6 Å². The second-order valence-corrected chi connectivity index (χ2v) is 7.46. The van der Waals surface area contributed by atoms with Crippen molar-refractivity contribution in [3.05, 3.63) is 90.0 Å². The summed E-state index contributed by atoms with van der Waals surface area (Å²) in [5.74, 6) is -0.812. The number of carbonyl (C=O) groups excluding carboxylic acids is 2. The van der Waals surface area contributed by atoms with Crippen LogP contribution in [-0.4, -0.2) is 27.7 Å². The van der Waals surface area contributed by atoms with E-state index in [9.17, 15) is 14.0 Å². The van der Waals surface area contributed by atoms with Crippen molar-refractivity contribution in [2.45, 2.75) is 26.4 Å². The minimum absolute atomic E-state index is 0.310. The Morgan fingerprint density at radius 3 is 2.48 bits per heavy atom. The SMILES string of the molecule is CCc1c(C(=O)NNC(=O)C(C)Oc2ccc3ccccc3c2)cnn1-c1ccc(F)cc1. The van der Waals surface area contributed by atoms with Gasteiger partial charge in [0.15, 0.2) is 6.10 Å². The summed E-state index contributed by atoms with van der Waals surface area (Å²) in [6.07, 6.45) is 1.09. The van der Waals surface area contributed by atoms with Crippen LogP contribution in [0.2, 0.25) is 0 Å². The summed E-state index contributed by atoms with van der Waals surface area (Å²) in [7, 11) is 0. The molecule has 0 aliphatic heterocycles. The molecule has 0 radical (unpaired) electrons. The topological polar surface area (TPSA) is 85.2 Å². The average Bonchev–Trinajstić information content (AvgIpc) is 3.27. The molecular formula is C25H23FN4O3. The zero-order chi connectivity index (χ0) is 23.4. The molecule has 2 N–H and O–H groups in total. The predicted octanol–water partition coefficient (Wildman–Crippen LogP) is 3.96. The molecule has 1 heterocycles. The summed E-state index contributed by atoms with van der Waals surface area (Å²) in [4.78, 5) is 25.1. The van der Waals surface area contributed by atoms with Crippen molar-refractivity contribution < 1.29 is 18.7 Å². The molecule has 168 valence electrons. The number of fused-ring (bicyclic) bond motifs is 1. The Bertz CT molecular complexity index is 1300. The highest BCUT2D eigenvalue weighted by Gasteiger charge is 2.20. The molecule has 1 aromatic heterocycles. The monoisotopic (exact) mass is 446 g/mol. The maximum Gasteiger partial charge on any atom is 0.279 e. The van der Waals surface area contributed by atoms with Crippen LogP contribution in [-0.2, 0) is 11.2 Å². The van der Waals surface area contributed by atoms with Crippen LogP contribution in [0.4, 0.5) is 4.39 Å². The van der Waals surface area contributed by atoms with Gasteiger partial charge >= 0.3 is 0 Å². The second-order valence-electron chi connectivity index (χ2n) is 7.46. The highest BCUT2D eigenvalue weighted by molar-refractivity contribution is 5.96. The molecule has 0 aliphatic rings. The van der Waals surface area contributed by atoms with E-state index in [0.29, 0.717) is 29.1 Å². The summed E-state index contributed by atoms with van der Waals surface area (Å²) in [6, 6.07) is 19.2. The molecule has 3 aromatic carbocycles. The lowest BCUT2D eigenvalue weighted by Crippen LogP contribution is -2.47. The molecule has 1 unspecified atom stereocenters. The Labute approximate surface area is 190 Å². The lowest BCUT2D eigenvalue weighted by Gasteiger charge is -2.15. The Balaban J connectivity index is 1.39. The van der Waals surface area contributed by atoms with Gasteiger partial charge in [0.2, 0.25) is 0 Å². The van der Waals surface area contributed by atoms with Gasteiger partial charge in [0.1, 0.15) is 11.6 Å². The molecule has 1 atom stereocenters. The minimum Gasteiger partial charge on any atom is -0.481 e. The third-order valence-electron chi connectivity index (χ3n) is 5.22. The summed E-state index contributed by atoms with van der Waals surface area (Å²) < 4.78 is 20.5. The smallest absolute Gasteiger partial charge is 0.279 e. The molecule has 0 fully saturated rings. The van der Waals surface area contributed by atoms with Crippen molar-refractivity contribution in [2.75, 3.05) is 0 Å². The van der Waals surface area contributed by atoms with Gasteiger partial charge in [-0.1, -0.05) is 37.3 Å². The number of hydrogen-bond acceptors (Lipinski definition) is 4. The van der Waals surface area contributed by atoms with Crippen molar-refractivity contribution in [3.8, 4) is 11.4 Å². The fraction of sp³-hybridized carbons (Fsp3) is 0.160. The number of aromatic nitrogens is 2. The fourth-order valence-corrected chi connectivity index (χ4v) is 3.49. The first-order chi connectivity index (χ1) is 16.0. The van der Waals surface area contributed by atoms with Crippen molar-refractivity contribution in [2.24, 2.45) is 0 Å². The highest BCUT2D eigenvalue weighted by atomic mass is 19.1. The van der Waals surface area contributed by atoms with Crippen LogP contribution < -0.4 is 15.6 Å². The van der Waals surface area contributed by atoms with Gasteiger partial charge in [0, 0.05) is 0 Å². The number of ether oxygens (including phenoxy) is 1. The van der Waals surface area contributed by atoms with E-state index in [1.165, 1.54) is 18.3 Å². The van der Waals surface area contributed by atoms with Gasteiger partial charge in [-0.2, -0.15) is 5.10 Å². The van der Waals surface area contributed by atoms with Gasteiger partial charge in [-0.15, -0.1) is 0 Å². The van der Waals surface area contributed by atoms with Gasteiger partial charge in [0.05, 0.1) is 23.1 Å². The molecular weight excluding hydrogens is 423 g/mol. The Morgan fingerprint density at radius 1 is 1.03 bits per heavy atom. The number of amides is 2. The van der Waals surface area contributed by atoms with Crippen LogP contribution >= 0.6 is 0 Å². The van der Waals surface area contributed by atoms with Crippen molar-refractivity contribution in [3.63, 3.8) is 0 Å².